The number of ether oxygens (including phenoxy) is 1. The number of methoxy groups -OCH3 is 1. The fourth-order valence-electron chi connectivity index (χ4n) is 2.89. The molecule has 0 fully saturated rings. The number of para-hydroxylation sites is 2. The highest BCUT2D eigenvalue weighted by atomic mass is 32.2. The molecule has 4 aromatic rings. The van der Waals surface area contributed by atoms with Gasteiger partial charge in [0.25, 0.3) is 0 Å². The van der Waals surface area contributed by atoms with Crippen LogP contribution in [0.4, 0.5) is 10.8 Å². The van der Waals surface area contributed by atoms with E-state index in [9.17, 15) is 4.79 Å². The summed E-state index contributed by atoms with van der Waals surface area (Å²) >= 11 is 2.98. The first-order valence-electron chi connectivity index (χ1n) is 8.72. The molecule has 0 bridgehead atoms. The molecule has 0 N–H and O–H groups in total. The highest BCUT2D eigenvalue weighted by Crippen LogP contribution is 2.36. The van der Waals surface area contributed by atoms with Crippen LogP contribution in [-0.4, -0.2) is 37.7 Å². The second-order valence-corrected chi connectivity index (χ2v) is 7.92. The van der Waals surface area contributed by atoms with Gasteiger partial charge in [0.05, 0.1) is 30.1 Å². The van der Waals surface area contributed by atoms with Crippen molar-refractivity contribution in [3.8, 4) is 5.75 Å². The number of aryl methyl sites for hydroxylation is 1. The number of hydrogen-bond donors (Lipinski definition) is 0. The summed E-state index contributed by atoms with van der Waals surface area (Å²) in [6.45, 7) is 1.52. The fraction of sp³-hybridized carbons (Fsp3) is 0.211. The summed E-state index contributed by atoms with van der Waals surface area (Å²) in [7, 11) is 3.44. The third-order valence-corrected chi connectivity index (χ3v) is 6.14. The number of anilines is 2. The van der Waals surface area contributed by atoms with E-state index in [0.717, 1.165) is 21.8 Å². The van der Waals surface area contributed by atoms with Crippen molar-refractivity contribution in [1.29, 1.82) is 0 Å². The van der Waals surface area contributed by atoms with Gasteiger partial charge in [-0.05, 0) is 12.1 Å². The van der Waals surface area contributed by atoms with Crippen molar-refractivity contribution in [1.82, 2.24) is 24.7 Å². The van der Waals surface area contributed by atoms with E-state index < -0.39 is 0 Å². The van der Waals surface area contributed by atoms with Crippen molar-refractivity contribution >= 4 is 50.9 Å². The van der Waals surface area contributed by atoms with Crippen LogP contribution in [0.15, 0.2) is 47.2 Å². The standard InChI is InChI=1S/C19H18N6O2S2/c1-12(26)25(15-6-4-5-7-16(15)27-3)19-23-13(10-29-19)9-28-18-14-8-22-24(2)17(14)20-11-21-18/h4-8,10-11H,9H2,1-3H3. The second-order valence-electron chi connectivity index (χ2n) is 6.12. The van der Waals surface area contributed by atoms with Gasteiger partial charge in [-0.25, -0.2) is 15.0 Å². The normalized spacial score (nSPS) is 11.0. The lowest BCUT2D eigenvalue weighted by molar-refractivity contribution is -0.115. The molecule has 0 aliphatic rings. The Labute approximate surface area is 175 Å². The van der Waals surface area contributed by atoms with Crippen LogP contribution in [0.1, 0.15) is 12.6 Å². The molecule has 0 aliphatic carbocycles. The zero-order valence-corrected chi connectivity index (χ0v) is 17.7. The second kappa shape index (κ2) is 8.18. The minimum Gasteiger partial charge on any atom is -0.495 e. The Bertz CT molecular complexity index is 1170. The van der Waals surface area contributed by atoms with Crippen molar-refractivity contribution in [3.05, 3.63) is 47.9 Å². The Morgan fingerprint density at radius 3 is 2.93 bits per heavy atom. The summed E-state index contributed by atoms with van der Waals surface area (Å²) in [4.78, 5) is 27.2. The van der Waals surface area contributed by atoms with Crippen molar-refractivity contribution in [2.24, 2.45) is 7.05 Å². The molecule has 4 rings (SSSR count). The molecule has 3 heterocycles. The first kappa shape index (κ1) is 19.3. The minimum atomic E-state index is -0.129. The summed E-state index contributed by atoms with van der Waals surface area (Å²) in [5.41, 5.74) is 2.33. The van der Waals surface area contributed by atoms with Crippen LogP contribution in [0, 0.1) is 0 Å². The Kier molecular flexibility index (Phi) is 5.45. The maximum atomic E-state index is 12.4. The topological polar surface area (TPSA) is 86.0 Å². The number of aromatic nitrogens is 5. The highest BCUT2D eigenvalue weighted by Gasteiger charge is 2.21. The van der Waals surface area contributed by atoms with Crippen molar-refractivity contribution < 1.29 is 9.53 Å². The summed E-state index contributed by atoms with van der Waals surface area (Å²) in [5.74, 6) is 1.11. The van der Waals surface area contributed by atoms with E-state index in [1.165, 1.54) is 24.6 Å². The van der Waals surface area contributed by atoms with Crippen LogP contribution in [0.2, 0.25) is 0 Å². The van der Waals surface area contributed by atoms with Gasteiger partial charge in [-0.2, -0.15) is 5.10 Å². The number of thioether (sulfide) groups is 1. The molecule has 0 radical (unpaired) electrons. The van der Waals surface area contributed by atoms with Gasteiger partial charge < -0.3 is 4.74 Å². The van der Waals surface area contributed by atoms with Gasteiger partial charge >= 0.3 is 0 Å². The molecule has 3 aromatic heterocycles. The number of carbonyl (C=O) groups is 1. The number of fused-ring (bicyclic) bond motifs is 1. The monoisotopic (exact) mass is 426 g/mol. The van der Waals surface area contributed by atoms with Crippen LogP contribution in [0.5, 0.6) is 5.75 Å². The van der Waals surface area contributed by atoms with Crippen LogP contribution >= 0.6 is 23.1 Å². The minimum absolute atomic E-state index is 0.129. The number of nitrogens with zero attached hydrogens (tertiary/aromatic N) is 6. The van der Waals surface area contributed by atoms with Crippen molar-refractivity contribution in [2.75, 3.05) is 12.0 Å². The maximum absolute atomic E-state index is 12.4. The third kappa shape index (κ3) is 3.81. The van der Waals surface area contributed by atoms with Gasteiger partial charge in [-0.1, -0.05) is 23.9 Å². The fourth-order valence-corrected chi connectivity index (χ4v) is 4.72. The van der Waals surface area contributed by atoms with Crippen LogP contribution in [-0.2, 0) is 17.6 Å². The third-order valence-electron chi connectivity index (χ3n) is 4.22. The van der Waals surface area contributed by atoms with E-state index in [4.69, 9.17) is 4.74 Å². The summed E-state index contributed by atoms with van der Waals surface area (Å²) in [6.07, 6.45) is 3.31. The largest absolute Gasteiger partial charge is 0.495 e. The summed E-state index contributed by atoms with van der Waals surface area (Å²) < 4.78 is 7.13. The number of benzene rings is 1. The number of rotatable bonds is 6. The predicted octanol–water partition coefficient (Wildman–Crippen LogP) is 3.81. The molecule has 8 nitrogen and oxygen atoms in total. The van der Waals surface area contributed by atoms with Crippen molar-refractivity contribution in [2.45, 2.75) is 17.7 Å². The lowest BCUT2D eigenvalue weighted by Crippen LogP contribution is -2.23. The highest BCUT2D eigenvalue weighted by molar-refractivity contribution is 7.98. The number of thiazole rings is 1. The Morgan fingerprint density at radius 2 is 2.14 bits per heavy atom. The molecule has 29 heavy (non-hydrogen) atoms. The molecule has 0 saturated heterocycles. The van der Waals surface area contributed by atoms with Crippen LogP contribution < -0.4 is 9.64 Å². The first-order valence-corrected chi connectivity index (χ1v) is 10.6. The van der Waals surface area contributed by atoms with E-state index >= 15 is 0 Å². The molecule has 1 amide bonds. The van der Waals surface area contributed by atoms with Crippen molar-refractivity contribution in [3.63, 3.8) is 0 Å². The zero-order chi connectivity index (χ0) is 20.4. The summed E-state index contributed by atoms with van der Waals surface area (Å²) in [5, 5.41) is 8.56. The van der Waals surface area contributed by atoms with E-state index in [-0.39, 0.29) is 5.91 Å². The van der Waals surface area contributed by atoms with Gasteiger partial charge in [0, 0.05) is 25.1 Å². The van der Waals surface area contributed by atoms with Gasteiger partial charge in [-0.15, -0.1) is 11.3 Å². The lowest BCUT2D eigenvalue weighted by Gasteiger charge is -2.20. The van der Waals surface area contributed by atoms with Gasteiger partial charge in [0.15, 0.2) is 10.8 Å². The van der Waals surface area contributed by atoms with Gasteiger partial charge in [0.2, 0.25) is 5.91 Å². The Hall–Kier alpha value is -2.98. The van der Waals surface area contributed by atoms with E-state index in [1.807, 2.05) is 36.7 Å². The van der Waals surface area contributed by atoms with Gasteiger partial charge in [-0.3, -0.25) is 14.4 Å². The molecular formula is C19H18N6O2S2. The average molecular weight is 427 g/mol. The molecule has 0 atom stereocenters. The average Bonchev–Trinajstić information content (AvgIpc) is 3.34. The number of carbonyl (C=O) groups excluding carboxylic acids is 1. The SMILES string of the molecule is COc1ccccc1N(C(C)=O)c1nc(CSc2ncnc3c2cnn3C)cs1. The van der Waals surface area contributed by atoms with Crippen LogP contribution in [0.25, 0.3) is 11.0 Å². The number of hydrogen-bond acceptors (Lipinski definition) is 8. The predicted molar refractivity (Wildman–Crippen MR) is 114 cm³/mol. The van der Waals surface area contributed by atoms with E-state index in [2.05, 4.69) is 20.1 Å². The molecule has 0 spiro atoms. The summed E-state index contributed by atoms with van der Waals surface area (Å²) in [6, 6.07) is 7.40. The number of amides is 1. The Balaban J connectivity index is 1.57. The maximum Gasteiger partial charge on any atom is 0.230 e. The molecule has 1 aromatic carbocycles. The molecule has 10 heteroatoms. The zero-order valence-electron chi connectivity index (χ0n) is 16.1. The molecule has 0 saturated carbocycles. The first-order chi connectivity index (χ1) is 14.1. The quantitative estimate of drug-likeness (QED) is 0.342. The Morgan fingerprint density at radius 1 is 1.31 bits per heavy atom. The lowest BCUT2D eigenvalue weighted by atomic mass is 10.2. The molecular weight excluding hydrogens is 408 g/mol. The molecule has 0 unspecified atom stereocenters. The van der Waals surface area contributed by atoms with E-state index in [0.29, 0.717) is 22.3 Å². The van der Waals surface area contributed by atoms with E-state index in [1.54, 1.807) is 34.7 Å². The molecule has 0 aliphatic heterocycles. The van der Waals surface area contributed by atoms with Crippen LogP contribution in [0.3, 0.4) is 0 Å². The molecule has 148 valence electrons. The van der Waals surface area contributed by atoms with Gasteiger partial charge in [0.1, 0.15) is 17.1 Å². The smallest absolute Gasteiger partial charge is 0.230 e.